The first-order valence-corrected chi connectivity index (χ1v) is 9.40. The van der Waals surface area contributed by atoms with Gasteiger partial charge in [-0.1, -0.05) is 0 Å². The Balaban J connectivity index is 1.97. The highest BCUT2D eigenvalue weighted by atomic mass is 16.5. The van der Waals surface area contributed by atoms with Crippen LogP contribution in [-0.2, 0) is 11.3 Å². The third kappa shape index (κ3) is 4.03. The largest absolute Gasteiger partial charge is 0.464 e. The number of hydrogen-bond donors (Lipinski definition) is 1. The van der Waals surface area contributed by atoms with E-state index in [1.807, 2.05) is 0 Å². The summed E-state index contributed by atoms with van der Waals surface area (Å²) in [7, 11) is 1.28. The number of H-pyrrole nitrogens is 1. The van der Waals surface area contributed by atoms with Crippen LogP contribution in [0.1, 0.15) is 55.1 Å². The maximum atomic E-state index is 13.4. The van der Waals surface area contributed by atoms with Crippen molar-refractivity contribution in [1.82, 2.24) is 14.9 Å². The zero-order chi connectivity index (χ0) is 21.8. The number of ether oxygens (including phenoxy) is 1. The molecule has 156 valence electrons. The number of aromatic nitrogens is 2. The molecule has 1 unspecified atom stereocenters. The van der Waals surface area contributed by atoms with Crippen molar-refractivity contribution in [3.63, 3.8) is 0 Å². The van der Waals surface area contributed by atoms with Crippen molar-refractivity contribution in [3.05, 3.63) is 76.8 Å². The van der Waals surface area contributed by atoms with Crippen LogP contribution in [0.3, 0.4) is 0 Å². The highest BCUT2D eigenvalue weighted by Gasteiger charge is 2.32. The van der Waals surface area contributed by atoms with Crippen molar-refractivity contribution in [2.45, 2.75) is 33.4 Å². The summed E-state index contributed by atoms with van der Waals surface area (Å²) >= 11 is 0. The molecule has 0 aromatic carbocycles. The number of aromatic amines is 1. The maximum Gasteiger partial charge on any atom is 0.354 e. The summed E-state index contributed by atoms with van der Waals surface area (Å²) in [6.45, 7) is 5.24. The van der Waals surface area contributed by atoms with E-state index in [1.54, 1.807) is 57.4 Å². The number of nitrogens with one attached hydrogen (secondary N) is 1. The molecule has 3 aromatic rings. The van der Waals surface area contributed by atoms with Crippen LogP contribution in [0, 0.1) is 13.8 Å². The van der Waals surface area contributed by atoms with E-state index >= 15 is 0 Å². The average molecular weight is 409 g/mol. The summed E-state index contributed by atoms with van der Waals surface area (Å²) in [6.07, 6.45) is 4.66. The van der Waals surface area contributed by atoms with Crippen molar-refractivity contribution in [2.24, 2.45) is 0 Å². The topological polar surface area (TPSA) is 106 Å². The number of ketones is 1. The molecular formula is C22H23N3O5. The summed E-state index contributed by atoms with van der Waals surface area (Å²) in [6, 6.07) is 5.92. The van der Waals surface area contributed by atoms with Gasteiger partial charge in [0.25, 0.3) is 5.91 Å². The number of amides is 1. The van der Waals surface area contributed by atoms with E-state index in [2.05, 4.69) is 9.97 Å². The molecule has 3 aromatic heterocycles. The predicted octanol–water partition coefficient (Wildman–Crippen LogP) is 3.32. The molecule has 0 fully saturated rings. The zero-order valence-corrected chi connectivity index (χ0v) is 17.3. The van der Waals surface area contributed by atoms with Crippen molar-refractivity contribution in [3.8, 4) is 0 Å². The van der Waals surface area contributed by atoms with Crippen LogP contribution < -0.4 is 0 Å². The molecule has 0 spiro atoms. The van der Waals surface area contributed by atoms with Gasteiger partial charge >= 0.3 is 5.97 Å². The minimum atomic E-state index is -0.811. The maximum absolute atomic E-state index is 13.4. The molecule has 3 heterocycles. The molecule has 8 nitrogen and oxygen atoms in total. The van der Waals surface area contributed by atoms with E-state index in [4.69, 9.17) is 9.15 Å². The van der Waals surface area contributed by atoms with Crippen LogP contribution >= 0.6 is 0 Å². The monoisotopic (exact) mass is 409 g/mol. The van der Waals surface area contributed by atoms with E-state index in [0.717, 1.165) is 5.56 Å². The molecule has 0 aliphatic heterocycles. The Morgan fingerprint density at radius 3 is 2.50 bits per heavy atom. The van der Waals surface area contributed by atoms with Crippen LogP contribution in [0.25, 0.3) is 0 Å². The number of hydrogen-bond acceptors (Lipinski definition) is 6. The van der Waals surface area contributed by atoms with Gasteiger partial charge in [0, 0.05) is 30.2 Å². The highest BCUT2D eigenvalue weighted by molar-refractivity contribution is 6.07. The highest BCUT2D eigenvalue weighted by Crippen LogP contribution is 2.23. The smallest absolute Gasteiger partial charge is 0.354 e. The molecule has 0 aliphatic carbocycles. The molecule has 8 heteroatoms. The minimum Gasteiger partial charge on any atom is -0.464 e. The number of aryl methyl sites for hydroxylation is 1. The van der Waals surface area contributed by atoms with Crippen molar-refractivity contribution < 1.29 is 23.5 Å². The molecule has 1 amide bonds. The number of pyridine rings is 1. The average Bonchev–Trinajstić information content (AvgIpc) is 3.39. The first-order valence-electron chi connectivity index (χ1n) is 9.40. The number of furan rings is 1. The molecule has 0 aliphatic rings. The Kier molecular flexibility index (Phi) is 6.15. The van der Waals surface area contributed by atoms with Gasteiger partial charge in [-0.3, -0.25) is 14.6 Å². The Bertz CT molecular complexity index is 1050. The zero-order valence-electron chi connectivity index (χ0n) is 17.3. The lowest BCUT2D eigenvalue weighted by molar-refractivity contribution is 0.0583. The number of esters is 1. The number of nitrogens with zero attached hydrogens (tertiary/aromatic N) is 2. The molecule has 0 saturated carbocycles. The van der Waals surface area contributed by atoms with Crippen LogP contribution in [0.15, 0.2) is 47.3 Å². The normalized spacial score (nSPS) is 11.7. The fourth-order valence-corrected chi connectivity index (χ4v) is 3.39. The van der Waals surface area contributed by atoms with Gasteiger partial charge in [0.15, 0.2) is 11.5 Å². The molecule has 1 atom stereocenters. The molecular weight excluding hydrogens is 386 g/mol. The van der Waals surface area contributed by atoms with Gasteiger partial charge in [-0.05, 0) is 56.2 Å². The van der Waals surface area contributed by atoms with Crippen LogP contribution in [0.5, 0.6) is 0 Å². The van der Waals surface area contributed by atoms with Gasteiger partial charge in [-0.15, -0.1) is 0 Å². The lowest BCUT2D eigenvalue weighted by Gasteiger charge is -2.28. The number of Topliss-reactive ketones (excluding diaryl/α,β-unsaturated/α-hetero) is 1. The quantitative estimate of drug-likeness (QED) is 0.474. The molecule has 0 saturated heterocycles. The summed E-state index contributed by atoms with van der Waals surface area (Å²) in [5, 5.41) is 0. The van der Waals surface area contributed by atoms with Gasteiger partial charge in [-0.25, -0.2) is 4.79 Å². The first kappa shape index (κ1) is 21.0. The Morgan fingerprint density at radius 1 is 1.20 bits per heavy atom. The molecule has 0 bridgehead atoms. The fourth-order valence-electron chi connectivity index (χ4n) is 3.39. The number of methoxy groups -OCH3 is 1. The van der Waals surface area contributed by atoms with E-state index in [9.17, 15) is 14.4 Å². The summed E-state index contributed by atoms with van der Waals surface area (Å²) in [5.74, 6) is -1.11. The van der Waals surface area contributed by atoms with Gasteiger partial charge in [0.1, 0.15) is 5.69 Å². The van der Waals surface area contributed by atoms with Crippen molar-refractivity contribution >= 4 is 17.7 Å². The second-order valence-corrected chi connectivity index (χ2v) is 6.92. The number of rotatable bonds is 7. The number of carbonyl (C=O) groups excluding carboxylic acids is 3. The van der Waals surface area contributed by atoms with Gasteiger partial charge in [-0.2, -0.15) is 0 Å². The molecule has 1 N–H and O–H groups in total. The number of carbonyl (C=O) groups is 3. The lowest BCUT2D eigenvalue weighted by atomic mass is 9.99. The van der Waals surface area contributed by atoms with E-state index in [-0.39, 0.29) is 23.8 Å². The van der Waals surface area contributed by atoms with E-state index in [1.165, 1.54) is 18.3 Å². The van der Waals surface area contributed by atoms with Crippen LogP contribution in [-0.4, -0.2) is 45.7 Å². The standard InChI is InChI=1S/C22H23N3O5/c1-13-18(14(2)24-19(13)22(28)29-4)20(26)15(3)25(12-16-7-9-23-10-8-16)21(27)17-6-5-11-30-17/h5-11,15,24H,12H2,1-4H3. The third-order valence-electron chi connectivity index (χ3n) is 5.02. The van der Waals surface area contributed by atoms with Gasteiger partial charge < -0.3 is 19.0 Å². The fraction of sp³-hybridized carbons (Fsp3) is 0.273. The molecule has 0 radical (unpaired) electrons. The second kappa shape index (κ2) is 8.77. The Morgan fingerprint density at radius 2 is 1.90 bits per heavy atom. The summed E-state index contributed by atoms with van der Waals surface area (Å²) in [4.78, 5) is 46.8. The van der Waals surface area contributed by atoms with Crippen molar-refractivity contribution in [1.29, 1.82) is 0 Å². The van der Waals surface area contributed by atoms with Crippen molar-refractivity contribution in [2.75, 3.05) is 7.11 Å². The van der Waals surface area contributed by atoms with E-state index in [0.29, 0.717) is 16.8 Å². The first-order chi connectivity index (χ1) is 14.3. The predicted molar refractivity (Wildman–Crippen MR) is 108 cm³/mol. The SMILES string of the molecule is COC(=O)c1[nH]c(C)c(C(=O)C(C)N(Cc2ccncc2)C(=O)c2ccco2)c1C. The Labute approximate surface area is 173 Å². The summed E-state index contributed by atoms with van der Waals surface area (Å²) in [5.41, 5.74) is 2.45. The Hall–Kier alpha value is -3.68. The summed E-state index contributed by atoms with van der Waals surface area (Å²) < 4.78 is 10.0. The second-order valence-electron chi connectivity index (χ2n) is 6.92. The molecule has 30 heavy (non-hydrogen) atoms. The van der Waals surface area contributed by atoms with Gasteiger partial charge in [0.2, 0.25) is 0 Å². The minimum absolute atomic E-state index is 0.140. The lowest BCUT2D eigenvalue weighted by Crippen LogP contribution is -2.43. The van der Waals surface area contributed by atoms with E-state index < -0.39 is 17.9 Å². The molecule has 3 rings (SSSR count). The third-order valence-corrected chi connectivity index (χ3v) is 5.02. The van der Waals surface area contributed by atoms with Gasteiger partial charge in [0.05, 0.1) is 19.4 Å². The van der Waals surface area contributed by atoms with Crippen LogP contribution in [0.4, 0.5) is 0 Å². The van der Waals surface area contributed by atoms with Crippen LogP contribution in [0.2, 0.25) is 0 Å².